The third-order valence-corrected chi connectivity index (χ3v) is 8.80. The van der Waals surface area contributed by atoms with Crippen LogP contribution in [0.25, 0.3) is 0 Å². The molecule has 0 aliphatic rings. The average molecular weight is 659 g/mol. The lowest BCUT2D eigenvalue weighted by molar-refractivity contribution is 0.191. The number of phosphoric acid groups is 2. The fraction of sp³-hybridized carbons (Fsp3) is 1.00. The minimum Gasteiger partial charge on any atom is -0.303 e. The van der Waals surface area contributed by atoms with E-state index in [1.807, 2.05) is 0 Å². The van der Waals surface area contributed by atoms with E-state index in [9.17, 15) is 9.13 Å². The summed E-state index contributed by atoms with van der Waals surface area (Å²) >= 11 is 0. The Kier molecular flexibility index (Phi) is 37.0. The topological polar surface area (TPSA) is 134 Å². The first-order chi connectivity index (χ1) is 20.6. The Hall–Kier alpha value is 0.220. The van der Waals surface area contributed by atoms with Gasteiger partial charge < -0.3 is 19.6 Å². The Morgan fingerprint density at radius 3 is 0.651 bits per heavy atom. The molecule has 0 aliphatic heterocycles. The van der Waals surface area contributed by atoms with Gasteiger partial charge in [-0.2, -0.15) is 0 Å². The molecule has 4 N–H and O–H groups in total. The number of hydrogen-bond donors (Lipinski definition) is 4. The van der Waals surface area contributed by atoms with Crippen LogP contribution in [0.4, 0.5) is 0 Å². The number of hydrogen-bond acceptors (Lipinski definition) is 4. The van der Waals surface area contributed by atoms with Crippen LogP contribution in [0.2, 0.25) is 0 Å². The van der Waals surface area contributed by atoms with E-state index >= 15 is 0 Å². The summed E-state index contributed by atoms with van der Waals surface area (Å²) in [5.74, 6) is 0. The van der Waals surface area contributed by atoms with Gasteiger partial charge in [-0.15, -0.1) is 0 Å². The first kappa shape index (κ1) is 45.3. The van der Waals surface area contributed by atoms with Crippen molar-refractivity contribution in [3.63, 3.8) is 0 Å². The summed E-state index contributed by atoms with van der Waals surface area (Å²) in [7, 11) is -8.51. The van der Waals surface area contributed by atoms with Gasteiger partial charge in [-0.1, -0.05) is 187 Å². The van der Waals surface area contributed by atoms with E-state index in [4.69, 9.17) is 19.6 Å². The molecular formula is C33H72O8P2. The van der Waals surface area contributed by atoms with Gasteiger partial charge in [0.2, 0.25) is 0 Å². The Morgan fingerprint density at radius 2 is 0.488 bits per heavy atom. The predicted molar refractivity (Wildman–Crippen MR) is 181 cm³/mol. The highest BCUT2D eigenvalue weighted by Crippen LogP contribution is 2.36. The highest BCUT2D eigenvalue weighted by molar-refractivity contribution is 7.46. The Balaban J connectivity index is 0. The number of phosphoric ester groups is 2. The first-order valence-corrected chi connectivity index (χ1v) is 21.1. The molecule has 0 aliphatic carbocycles. The Bertz CT molecular complexity index is 624. The molecule has 0 amide bonds. The molecule has 8 nitrogen and oxygen atoms in total. The monoisotopic (exact) mass is 658 g/mol. The maximum Gasteiger partial charge on any atom is 0.469 e. The molecule has 0 radical (unpaired) electrons. The van der Waals surface area contributed by atoms with Crippen molar-refractivity contribution >= 4 is 15.6 Å². The number of rotatable bonds is 33. The van der Waals surface area contributed by atoms with Crippen LogP contribution >= 0.6 is 15.6 Å². The lowest BCUT2D eigenvalue weighted by Gasteiger charge is -2.05. The summed E-state index contributed by atoms with van der Waals surface area (Å²) < 4.78 is 29.7. The highest BCUT2D eigenvalue weighted by atomic mass is 31.2. The van der Waals surface area contributed by atoms with Crippen LogP contribution in [0.15, 0.2) is 0 Å². The van der Waals surface area contributed by atoms with E-state index in [0.717, 1.165) is 38.5 Å². The van der Waals surface area contributed by atoms with Crippen molar-refractivity contribution in [2.24, 2.45) is 0 Å². The first-order valence-electron chi connectivity index (χ1n) is 18.0. The molecule has 0 fully saturated rings. The van der Waals surface area contributed by atoms with Crippen molar-refractivity contribution in [2.75, 3.05) is 13.2 Å². The summed E-state index contributed by atoms with van der Waals surface area (Å²) in [6.45, 7) is 4.85. The maximum absolute atomic E-state index is 10.5. The molecule has 0 aromatic carbocycles. The fourth-order valence-electron chi connectivity index (χ4n) is 5.14. The SMILES string of the molecule is CCCCCCCCCCCCCCCCCOP(=O)(O)O.CCCCCCCCCCCCCCCCOP(=O)(O)O. The standard InChI is InChI=1S/C17H37O4P.C16H35O4P/c1-2-3-4-5-6-7-8-9-10-11-12-13-14-15-16-17-21-22(18,19)20;1-2-3-4-5-6-7-8-9-10-11-12-13-14-15-16-20-21(17,18)19/h2-17H2,1H3,(H2,18,19,20);2-16H2,1H3,(H2,17,18,19). The molecule has 10 heteroatoms. The Morgan fingerprint density at radius 1 is 0.326 bits per heavy atom. The molecule has 0 aromatic rings. The summed E-state index contributed by atoms with van der Waals surface area (Å²) in [6, 6.07) is 0. The fourth-order valence-corrected chi connectivity index (χ4v) is 5.87. The van der Waals surface area contributed by atoms with Crippen LogP contribution in [0.1, 0.15) is 200 Å². The van der Waals surface area contributed by atoms with Crippen LogP contribution in [-0.2, 0) is 18.2 Å². The van der Waals surface area contributed by atoms with Crippen LogP contribution in [0, 0.1) is 0 Å². The van der Waals surface area contributed by atoms with Gasteiger partial charge in [-0.05, 0) is 12.8 Å². The molecule has 262 valence electrons. The lowest BCUT2D eigenvalue weighted by atomic mass is 10.0. The van der Waals surface area contributed by atoms with Gasteiger partial charge >= 0.3 is 15.6 Å². The van der Waals surface area contributed by atoms with Crippen LogP contribution < -0.4 is 0 Å². The van der Waals surface area contributed by atoms with Gasteiger partial charge in [0.1, 0.15) is 0 Å². The van der Waals surface area contributed by atoms with Crippen molar-refractivity contribution in [3.8, 4) is 0 Å². The van der Waals surface area contributed by atoms with Crippen molar-refractivity contribution < 1.29 is 37.8 Å². The van der Waals surface area contributed by atoms with Gasteiger partial charge in [0.05, 0.1) is 13.2 Å². The van der Waals surface area contributed by atoms with Crippen molar-refractivity contribution in [3.05, 3.63) is 0 Å². The average Bonchev–Trinajstić information content (AvgIpc) is 2.94. The van der Waals surface area contributed by atoms with E-state index < -0.39 is 15.6 Å². The van der Waals surface area contributed by atoms with Crippen molar-refractivity contribution in [1.82, 2.24) is 0 Å². The Labute approximate surface area is 266 Å². The van der Waals surface area contributed by atoms with E-state index in [1.54, 1.807) is 0 Å². The van der Waals surface area contributed by atoms with Gasteiger partial charge in [-0.3, -0.25) is 9.05 Å². The van der Waals surface area contributed by atoms with Gasteiger partial charge in [-0.25, -0.2) is 9.13 Å². The second-order valence-corrected chi connectivity index (χ2v) is 14.7. The molecule has 43 heavy (non-hydrogen) atoms. The molecule has 0 saturated heterocycles. The van der Waals surface area contributed by atoms with E-state index in [0.29, 0.717) is 0 Å². The third-order valence-electron chi connectivity index (χ3n) is 7.76. The van der Waals surface area contributed by atoms with E-state index in [1.165, 1.54) is 148 Å². The van der Waals surface area contributed by atoms with E-state index in [-0.39, 0.29) is 13.2 Å². The van der Waals surface area contributed by atoms with Crippen LogP contribution in [0.5, 0.6) is 0 Å². The van der Waals surface area contributed by atoms with Gasteiger partial charge in [0.15, 0.2) is 0 Å². The minimum atomic E-state index is -4.25. The second kappa shape index (κ2) is 35.1. The second-order valence-electron chi connectivity index (χ2n) is 12.2. The summed E-state index contributed by atoms with van der Waals surface area (Å²) in [6.07, 6.45) is 37.0. The molecule has 0 atom stereocenters. The molecule has 0 unspecified atom stereocenters. The van der Waals surface area contributed by atoms with Crippen LogP contribution in [0.3, 0.4) is 0 Å². The zero-order chi connectivity index (χ0) is 32.3. The van der Waals surface area contributed by atoms with Crippen molar-refractivity contribution in [2.45, 2.75) is 200 Å². The third kappa shape index (κ3) is 49.3. The quantitative estimate of drug-likeness (QED) is 0.0404. The summed E-state index contributed by atoms with van der Waals surface area (Å²) in [4.78, 5) is 34.1. The largest absolute Gasteiger partial charge is 0.469 e. The molecule has 0 bridgehead atoms. The van der Waals surface area contributed by atoms with Crippen LogP contribution in [-0.4, -0.2) is 32.8 Å². The maximum atomic E-state index is 10.5. The summed E-state index contributed by atoms with van der Waals surface area (Å²) in [5, 5.41) is 0. The smallest absolute Gasteiger partial charge is 0.303 e. The molecule has 0 saturated carbocycles. The van der Waals surface area contributed by atoms with Gasteiger partial charge in [0, 0.05) is 0 Å². The minimum absolute atomic E-state index is 0.169. The zero-order valence-corrected chi connectivity index (χ0v) is 30.0. The molecule has 0 rings (SSSR count). The highest BCUT2D eigenvalue weighted by Gasteiger charge is 2.13. The van der Waals surface area contributed by atoms with Gasteiger partial charge in [0.25, 0.3) is 0 Å². The number of unbranched alkanes of at least 4 members (excludes halogenated alkanes) is 27. The van der Waals surface area contributed by atoms with E-state index in [2.05, 4.69) is 22.9 Å². The lowest BCUT2D eigenvalue weighted by Crippen LogP contribution is -1.92. The molecule has 0 aromatic heterocycles. The van der Waals surface area contributed by atoms with Crippen molar-refractivity contribution in [1.29, 1.82) is 0 Å². The molecule has 0 spiro atoms. The predicted octanol–water partition coefficient (Wildman–Crippen LogP) is 11.5. The molecular weight excluding hydrogens is 586 g/mol. The normalized spacial score (nSPS) is 12.0. The molecule has 0 heterocycles. The zero-order valence-electron chi connectivity index (χ0n) is 28.2. The summed E-state index contributed by atoms with van der Waals surface area (Å²) in [5.41, 5.74) is 0.